The van der Waals surface area contributed by atoms with Gasteiger partial charge in [0, 0.05) is 30.4 Å². The topological polar surface area (TPSA) is 82.3 Å². The number of H-pyrrole nitrogens is 1. The molecule has 0 atom stereocenters. The van der Waals surface area contributed by atoms with Gasteiger partial charge in [-0.3, -0.25) is 14.4 Å². The molecule has 0 aliphatic carbocycles. The lowest BCUT2D eigenvalue weighted by molar-refractivity contribution is 0.279. The smallest absolute Gasteiger partial charge is 0.261 e. The molecular weight excluding hydrogens is 374 g/mol. The summed E-state index contributed by atoms with van der Waals surface area (Å²) in [7, 11) is -3.72. The normalized spacial score (nSPS) is 14.3. The van der Waals surface area contributed by atoms with E-state index in [1.165, 1.54) is 29.7 Å². The van der Waals surface area contributed by atoms with E-state index in [9.17, 15) is 13.2 Å². The second kappa shape index (κ2) is 7.41. The molecule has 0 bridgehead atoms. The van der Waals surface area contributed by atoms with Crippen molar-refractivity contribution in [3.63, 3.8) is 0 Å². The molecule has 0 radical (unpaired) electrons. The fourth-order valence-electron chi connectivity index (χ4n) is 3.58. The minimum Gasteiger partial charge on any atom is -0.322 e. The zero-order valence-electron chi connectivity index (χ0n) is 15.7. The van der Waals surface area contributed by atoms with Crippen LogP contribution in [0.4, 0.5) is 5.69 Å². The Labute approximate surface area is 164 Å². The average Bonchev–Trinajstić information content (AvgIpc) is 3.07. The molecule has 7 heteroatoms. The Hall–Kier alpha value is -2.64. The maximum atomic E-state index is 12.8. The van der Waals surface area contributed by atoms with Gasteiger partial charge in [0.1, 0.15) is 0 Å². The molecule has 4 rings (SSSR count). The van der Waals surface area contributed by atoms with Gasteiger partial charge in [0.2, 0.25) is 5.56 Å². The Morgan fingerprint density at radius 2 is 1.86 bits per heavy atom. The van der Waals surface area contributed by atoms with E-state index >= 15 is 0 Å². The van der Waals surface area contributed by atoms with Gasteiger partial charge in [-0.05, 0) is 65.9 Å². The number of hydrogen-bond acceptors (Lipinski definition) is 4. The number of sulfonamides is 1. The molecule has 1 aliphatic heterocycles. The second-order valence-corrected chi connectivity index (χ2v) is 8.91. The van der Waals surface area contributed by atoms with Crippen LogP contribution < -0.4 is 10.3 Å². The molecule has 1 aromatic heterocycles. The molecule has 0 amide bonds. The van der Waals surface area contributed by atoms with Crippen LogP contribution in [0, 0.1) is 0 Å². The van der Waals surface area contributed by atoms with E-state index in [0.717, 1.165) is 26.1 Å². The van der Waals surface area contributed by atoms with Crippen molar-refractivity contribution in [3.05, 3.63) is 70.0 Å². The van der Waals surface area contributed by atoms with Crippen molar-refractivity contribution in [3.8, 4) is 0 Å². The molecule has 2 N–H and O–H groups in total. The fourth-order valence-corrected chi connectivity index (χ4v) is 4.67. The van der Waals surface area contributed by atoms with Crippen LogP contribution in [0.25, 0.3) is 10.9 Å². The summed E-state index contributed by atoms with van der Waals surface area (Å²) in [6.07, 6.45) is 2.33. The van der Waals surface area contributed by atoms with Gasteiger partial charge in [0.05, 0.1) is 4.90 Å². The maximum Gasteiger partial charge on any atom is 0.261 e. The Morgan fingerprint density at radius 1 is 1.04 bits per heavy atom. The van der Waals surface area contributed by atoms with Gasteiger partial charge in [0.25, 0.3) is 10.0 Å². The van der Waals surface area contributed by atoms with E-state index in [1.807, 2.05) is 18.2 Å². The number of anilines is 1. The molecule has 6 nitrogen and oxygen atoms in total. The summed E-state index contributed by atoms with van der Waals surface area (Å²) in [6.45, 7) is 5.02. The second-order valence-electron chi connectivity index (χ2n) is 7.22. The van der Waals surface area contributed by atoms with Crippen molar-refractivity contribution < 1.29 is 8.42 Å². The highest BCUT2D eigenvalue weighted by Crippen LogP contribution is 2.27. The lowest BCUT2D eigenvalue weighted by atomic mass is 10.1. The highest BCUT2D eigenvalue weighted by molar-refractivity contribution is 7.92. The minimum atomic E-state index is -3.72. The first-order valence-electron chi connectivity index (χ1n) is 9.45. The Bertz CT molecular complexity index is 1180. The molecule has 2 heterocycles. The number of aromatic nitrogens is 1. The predicted molar refractivity (Wildman–Crippen MR) is 111 cm³/mol. The van der Waals surface area contributed by atoms with E-state index in [1.54, 1.807) is 18.2 Å². The molecular formula is C21H23N3O3S. The van der Waals surface area contributed by atoms with Crippen molar-refractivity contribution in [1.82, 2.24) is 9.88 Å². The quantitative estimate of drug-likeness (QED) is 0.667. The number of rotatable bonds is 6. The maximum absolute atomic E-state index is 12.8. The Morgan fingerprint density at radius 3 is 2.68 bits per heavy atom. The van der Waals surface area contributed by atoms with Gasteiger partial charge in [-0.15, -0.1) is 0 Å². The van der Waals surface area contributed by atoms with Gasteiger partial charge in [0.15, 0.2) is 0 Å². The molecule has 0 spiro atoms. The standard InChI is InChI=1S/C21H23N3O3S/c1-2-3-10-24-13-16-4-6-18(11-17(16)14-24)23-28(26,27)19-7-8-20-15(12-19)5-9-21(25)22-20/h4-9,11-12,23H,2-3,10,13-14H2,1H3,(H,22,25). The number of hydrogen-bond donors (Lipinski definition) is 2. The van der Waals surface area contributed by atoms with Crippen LogP contribution in [-0.4, -0.2) is 24.8 Å². The van der Waals surface area contributed by atoms with Crippen LogP contribution in [0.1, 0.15) is 30.9 Å². The van der Waals surface area contributed by atoms with Crippen LogP contribution in [0.5, 0.6) is 0 Å². The fraction of sp³-hybridized carbons (Fsp3) is 0.286. The largest absolute Gasteiger partial charge is 0.322 e. The van der Waals surface area contributed by atoms with Crippen LogP contribution in [0.15, 0.2) is 58.2 Å². The van der Waals surface area contributed by atoms with Gasteiger partial charge in [-0.25, -0.2) is 8.42 Å². The summed E-state index contributed by atoms with van der Waals surface area (Å²) in [4.78, 5) is 16.6. The van der Waals surface area contributed by atoms with E-state index < -0.39 is 10.0 Å². The summed E-state index contributed by atoms with van der Waals surface area (Å²) in [6, 6.07) is 13.4. The number of pyridine rings is 1. The zero-order valence-corrected chi connectivity index (χ0v) is 16.6. The van der Waals surface area contributed by atoms with E-state index in [4.69, 9.17) is 0 Å². The van der Waals surface area contributed by atoms with Gasteiger partial charge >= 0.3 is 0 Å². The summed E-state index contributed by atoms with van der Waals surface area (Å²) >= 11 is 0. The number of aromatic amines is 1. The molecule has 146 valence electrons. The SMILES string of the molecule is CCCCN1Cc2ccc(NS(=O)(=O)c3ccc4[nH]c(=O)ccc4c3)cc2C1. The van der Waals surface area contributed by atoms with Crippen molar-refractivity contribution in [2.45, 2.75) is 37.8 Å². The van der Waals surface area contributed by atoms with Crippen molar-refractivity contribution in [1.29, 1.82) is 0 Å². The van der Waals surface area contributed by atoms with Crippen molar-refractivity contribution in [2.24, 2.45) is 0 Å². The lowest BCUT2D eigenvalue weighted by Gasteiger charge is -2.13. The van der Waals surface area contributed by atoms with Gasteiger partial charge < -0.3 is 4.98 Å². The third kappa shape index (κ3) is 3.81. The summed E-state index contributed by atoms with van der Waals surface area (Å²) in [5, 5.41) is 0.669. The van der Waals surface area contributed by atoms with Crippen LogP contribution in [0.3, 0.4) is 0 Å². The van der Waals surface area contributed by atoms with Gasteiger partial charge in [-0.1, -0.05) is 19.4 Å². The van der Waals surface area contributed by atoms with E-state index in [2.05, 4.69) is 21.5 Å². The first kappa shape index (κ1) is 18.7. The molecule has 2 aromatic carbocycles. The first-order chi connectivity index (χ1) is 13.4. The van der Waals surface area contributed by atoms with Crippen molar-refractivity contribution in [2.75, 3.05) is 11.3 Å². The van der Waals surface area contributed by atoms with Crippen LogP contribution in [-0.2, 0) is 23.1 Å². The minimum absolute atomic E-state index is 0.164. The molecule has 3 aromatic rings. The summed E-state index contributed by atoms with van der Waals surface area (Å²) < 4.78 is 28.3. The third-order valence-electron chi connectivity index (χ3n) is 5.08. The number of fused-ring (bicyclic) bond motifs is 2. The number of nitrogens with one attached hydrogen (secondary N) is 2. The van der Waals surface area contributed by atoms with Gasteiger partial charge in [-0.2, -0.15) is 0 Å². The molecule has 0 unspecified atom stereocenters. The third-order valence-corrected chi connectivity index (χ3v) is 6.46. The lowest BCUT2D eigenvalue weighted by Crippen LogP contribution is -2.17. The Balaban J connectivity index is 1.56. The summed E-state index contributed by atoms with van der Waals surface area (Å²) in [5.41, 5.74) is 3.39. The van der Waals surface area contributed by atoms with Crippen LogP contribution >= 0.6 is 0 Å². The molecule has 0 saturated carbocycles. The van der Waals surface area contributed by atoms with Crippen LogP contribution in [0.2, 0.25) is 0 Å². The highest BCUT2D eigenvalue weighted by Gasteiger charge is 2.20. The number of benzene rings is 2. The average molecular weight is 398 g/mol. The van der Waals surface area contributed by atoms with E-state index in [-0.39, 0.29) is 10.5 Å². The van der Waals surface area contributed by atoms with E-state index in [0.29, 0.717) is 16.6 Å². The molecule has 28 heavy (non-hydrogen) atoms. The highest BCUT2D eigenvalue weighted by atomic mass is 32.2. The molecule has 1 aliphatic rings. The van der Waals surface area contributed by atoms with Crippen molar-refractivity contribution >= 4 is 26.6 Å². The number of nitrogens with zero attached hydrogens (tertiary/aromatic N) is 1. The number of unbranched alkanes of at least 4 members (excludes halogenated alkanes) is 1. The Kier molecular flexibility index (Phi) is 4.95. The summed E-state index contributed by atoms with van der Waals surface area (Å²) in [5.74, 6) is 0. The first-order valence-corrected chi connectivity index (χ1v) is 10.9. The predicted octanol–water partition coefficient (Wildman–Crippen LogP) is 3.44. The molecule has 0 fully saturated rings. The molecule has 0 saturated heterocycles. The zero-order chi connectivity index (χ0) is 19.7. The monoisotopic (exact) mass is 397 g/mol.